The van der Waals surface area contributed by atoms with Crippen LogP contribution in [0.2, 0.25) is 0 Å². The predicted octanol–water partition coefficient (Wildman–Crippen LogP) is 1.63. The standard InChI is InChI=1S/C16H20N2O4/c1-10-6-12(10)16(21)22-9-14(19)11-7-13(17-8-11)15(20)18-4-2-3-5-18/h7-8,10,12,17H,2-6,9H2,1H3/t10-,12-/m0/s1. The highest BCUT2D eigenvalue weighted by Gasteiger charge is 2.40. The molecule has 0 aromatic carbocycles. The number of esters is 1. The molecule has 2 fully saturated rings. The van der Waals surface area contributed by atoms with Gasteiger partial charge in [-0.25, -0.2) is 0 Å². The lowest BCUT2D eigenvalue weighted by Crippen LogP contribution is -2.27. The quantitative estimate of drug-likeness (QED) is 0.662. The lowest BCUT2D eigenvalue weighted by Gasteiger charge is -2.13. The van der Waals surface area contributed by atoms with E-state index < -0.39 is 0 Å². The summed E-state index contributed by atoms with van der Waals surface area (Å²) in [6, 6.07) is 1.54. The zero-order chi connectivity index (χ0) is 15.7. The van der Waals surface area contributed by atoms with E-state index in [2.05, 4.69) is 4.98 Å². The Balaban J connectivity index is 1.54. The fraction of sp³-hybridized carbons (Fsp3) is 0.562. The number of nitrogens with zero attached hydrogens (tertiary/aromatic N) is 1. The van der Waals surface area contributed by atoms with E-state index in [-0.39, 0.29) is 30.2 Å². The summed E-state index contributed by atoms with van der Waals surface area (Å²) in [4.78, 5) is 40.4. The number of aromatic amines is 1. The molecule has 1 N–H and O–H groups in total. The number of ketones is 1. The smallest absolute Gasteiger partial charge is 0.309 e. The fourth-order valence-electron chi connectivity index (χ4n) is 2.75. The monoisotopic (exact) mass is 304 g/mol. The second-order valence-corrected chi connectivity index (χ2v) is 6.15. The highest BCUT2D eigenvalue weighted by Crippen LogP contribution is 2.38. The molecule has 22 heavy (non-hydrogen) atoms. The summed E-state index contributed by atoms with van der Waals surface area (Å²) in [5.74, 6) is -0.366. The highest BCUT2D eigenvalue weighted by atomic mass is 16.5. The van der Waals surface area contributed by atoms with Crippen LogP contribution in [0.25, 0.3) is 0 Å². The van der Waals surface area contributed by atoms with Crippen molar-refractivity contribution in [2.45, 2.75) is 26.2 Å². The molecule has 1 saturated heterocycles. The molecule has 118 valence electrons. The van der Waals surface area contributed by atoms with Crippen molar-refractivity contribution in [2.75, 3.05) is 19.7 Å². The van der Waals surface area contributed by atoms with E-state index in [0.717, 1.165) is 32.4 Å². The van der Waals surface area contributed by atoms with E-state index >= 15 is 0 Å². The van der Waals surface area contributed by atoms with E-state index in [9.17, 15) is 14.4 Å². The normalized spacial score (nSPS) is 23.4. The lowest BCUT2D eigenvalue weighted by atomic mass is 10.2. The molecular formula is C16H20N2O4. The van der Waals surface area contributed by atoms with Gasteiger partial charge < -0.3 is 14.6 Å². The average Bonchev–Trinajstić information content (AvgIpc) is 2.97. The zero-order valence-corrected chi connectivity index (χ0v) is 12.6. The van der Waals surface area contributed by atoms with Crippen LogP contribution in [0.5, 0.6) is 0 Å². The first-order chi connectivity index (χ1) is 10.6. The molecule has 1 aromatic heterocycles. The van der Waals surface area contributed by atoms with Gasteiger partial charge in [-0.15, -0.1) is 0 Å². The van der Waals surface area contributed by atoms with Crippen LogP contribution in [0.1, 0.15) is 47.0 Å². The lowest BCUT2D eigenvalue weighted by molar-refractivity contribution is -0.144. The number of carbonyl (C=O) groups is 3. The van der Waals surface area contributed by atoms with Crippen LogP contribution < -0.4 is 0 Å². The number of H-pyrrole nitrogens is 1. The van der Waals surface area contributed by atoms with Crippen molar-refractivity contribution in [2.24, 2.45) is 11.8 Å². The number of aromatic nitrogens is 1. The Hall–Kier alpha value is -2.11. The molecular weight excluding hydrogens is 284 g/mol. The minimum Gasteiger partial charge on any atom is -0.457 e. The Bertz CT molecular complexity index is 601. The molecule has 1 amide bonds. The SMILES string of the molecule is C[C@H]1C[C@@H]1C(=O)OCC(=O)c1c[nH]c(C(=O)N2CCCC2)c1. The molecule has 0 radical (unpaired) electrons. The molecule has 1 aliphatic heterocycles. The number of nitrogens with one attached hydrogen (secondary N) is 1. The van der Waals surface area contributed by atoms with Crippen molar-refractivity contribution in [3.8, 4) is 0 Å². The van der Waals surface area contributed by atoms with Crippen LogP contribution in [0, 0.1) is 11.8 Å². The third kappa shape index (κ3) is 3.05. The van der Waals surface area contributed by atoms with Gasteiger partial charge in [-0.1, -0.05) is 6.92 Å². The largest absolute Gasteiger partial charge is 0.457 e. The topological polar surface area (TPSA) is 79.5 Å². The fourth-order valence-corrected chi connectivity index (χ4v) is 2.75. The summed E-state index contributed by atoms with van der Waals surface area (Å²) in [5, 5.41) is 0. The molecule has 1 aromatic rings. The zero-order valence-electron chi connectivity index (χ0n) is 12.6. The number of likely N-dealkylation sites (tertiary alicyclic amines) is 1. The first-order valence-corrected chi connectivity index (χ1v) is 7.74. The molecule has 3 rings (SSSR count). The molecule has 2 aliphatic rings. The maximum Gasteiger partial charge on any atom is 0.309 e. The Kier molecular flexibility index (Phi) is 4.00. The number of hydrogen-bond donors (Lipinski definition) is 1. The van der Waals surface area contributed by atoms with Crippen LogP contribution in [-0.4, -0.2) is 47.2 Å². The van der Waals surface area contributed by atoms with E-state index in [1.165, 1.54) is 12.3 Å². The minimum absolute atomic E-state index is 0.0497. The summed E-state index contributed by atoms with van der Waals surface area (Å²) in [5.41, 5.74) is 0.784. The number of ether oxygens (including phenoxy) is 1. The minimum atomic E-state index is -0.301. The maximum atomic E-state index is 12.2. The van der Waals surface area contributed by atoms with Crippen molar-refractivity contribution in [1.29, 1.82) is 0 Å². The van der Waals surface area contributed by atoms with Gasteiger partial charge in [0.15, 0.2) is 6.61 Å². The molecule has 6 nitrogen and oxygen atoms in total. The molecule has 0 bridgehead atoms. The summed E-state index contributed by atoms with van der Waals surface area (Å²) >= 11 is 0. The second-order valence-electron chi connectivity index (χ2n) is 6.15. The Morgan fingerprint density at radius 1 is 1.32 bits per heavy atom. The summed E-state index contributed by atoms with van der Waals surface area (Å²) in [6.07, 6.45) is 4.38. The van der Waals surface area contributed by atoms with Gasteiger partial charge >= 0.3 is 5.97 Å². The van der Waals surface area contributed by atoms with Crippen LogP contribution in [0.3, 0.4) is 0 Å². The van der Waals surface area contributed by atoms with Gasteiger partial charge in [0.2, 0.25) is 5.78 Å². The second kappa shape index (κ2) is 5.94. The van der Waals surface area contributed by atoms with Crippen LogP contribution >= 0.6 is 0 Å². The van der Waals surface area contributed by atoms with E-state index in [0.29, 0.717) is 17.2 Å². The number of amides is 1. The first-order valence-electron chi connectivity index (χ1n) is 7.74. The first kappa shape index (κ1) is 14.8. The molecule has 0 spiro atoms. The Labute approximate surface area is 128 Å². The van der Waals surface area contributed by atoms with Gasteiger partial charge in [-0.3, -0.25) is 14.4 Å². The van der Waals surface area contributed by atoms with Gasteiger partial charge in [0.05, 0.1) is 5.92 Å². The Morgan fingerprint density at radius 3 is 2.64 bits per heavy atom. The van der Waals surface area contributed by atoms with Crippen molar-refractivity contribution in [3.63, 3.8) is 0 Å². The molecule has 6 heteroatoms. The highest BCUT2D eigenvalue weighted by molar-refractivity contribution is 6.01. The summed E-state index contributed by atoms with van der Waals surface area (Å²) in [7, 11) is 0. The van der Waals surface area contributed by atoms with Crippen molar-refractivity contribution in [1.82, 2.24) is 9.88 Å². The number of hydrogen-bond acceptors (Lipinski definition) is 4. The average molecular weight is 304 g/mol. The number of carbonyl (C=O) groups excluding carboxylic acids is 3. The number of Topliss-reactive ketones (excluding diaryl/α,β-unsaturated/α-hetero) is 1. The molecule has 0 unspecified atom stereocenters. The van der Waals surface area contributed by atoms with Gasteiger partial charge in [0.1, 0.15) is 5.69 Å². The summed E-state index contributed by atoms with van der Waals surface area (Å²) < 4.78 is 5.02. The maximum absolute atomic E-state index is 12.2. The van der Waals surface area contributed by atoms with E-state index in [4.69, 9.17) is 4.74 Å². The van der Waals surface area contributed by atoms with Crippen molar-refractivity contribution < 1.29 is 19.1 Å². The van der Waals surface area contributed by atoms with Gasteiger partial charge in [0.25, 0.3) is 5.91 Å². The van der Waals surface area contributed by atoms with Gasteiger partial charge in [-0.05, 0) is 31.2 Å². The van der Waals surface area contributed by atoms with Crippen molar-refractivity contribution >= 4 is 17.7 Å². The molecule has 1 aliphatic carbocycles. The van der Waals surface area contributed by atoms with Gasteiger partial charge in [-0.2, -0.15) is 0 Å². The predicted molar refractivity (Wildman–Crippen MR) is 78.5 cm³/mol. The third-order valence-electron chi connectivity index (χ3n) is 4.39. The summed E-state index contributed by atoms with van der Waals surface area (Å²) in [6.45, 7) is 3.24. The molecule has 1 saturated carbocycles. The molecule has 2 heterocycles. The van der Waals surface area contributed by atoms with Crippen LogP contribution in [-0.2, 0) is 9.53 Å². The van der Waals surface area contributed by atoms with E-state index in [1.807, 2.05) is 6.92 Å². The third-order valence-corrected chi connectivity index (χ3v) is 4.39. The molecule has 2 atom stereocenters. The van der Waals surface area contributed by atoms with Crippen molar-refractivity contribution in [3.05, 3.63) is 23.5 Å². The van der Waals surface area contributed by atoms with E-state index in [1.54, 1.807) is 4.90 Å². The van der Waals surface area contributed by atoms with Crippen LogP contribution in [0.4, 0.5) is 0 Å². The van der Waals surface area contributed by atoms with Gasteiger partial charge in [0, 0.05) is 24.8 Å². The van der Waals surface area contributed by atoms with Crippen LogP contribution in [0.15, 0.2) is 12.3 Å². The number of rotatable bonds is 5. The Morgan fingerprint density at radius 2 is 2.00 bits per heavy atom.